The Morgan fingerprint density at radius 2 is 0.870 bits per heavy atom. The zero-order valence-electron chi connectivity index (χ0n) is 28.2. The van der Waals surface area contributed by atoms with Crippen molar-refractivity contribution in [3.63, 3.8) is 0 Å². The number of hydrogen-bond donors (Lipinski definition) is 0. The number of anilines is 3. The maximum atomic E-state index is 6.50. The van der Waals surface area contributed by atoms with E-state index in [9.17, 15) is 0 Å². The van der Waals surface area contributed by atoms with Crippen LogP contribution in [-0.2, 0) is 20.1 Å². The van der Waals surface area contributed by atoms with Gasteiger partial charge in [0.1, 0.15) is 0 Å². The van der Waals surface area contributed by atoms with E-state index in [1.54, 1.807) is 0 Å². The van der Waals surface area contributed by atoms with Crippen LogP contribution in [0, 0.1) is 0 Å². The Morgan fingerprint density at radius 3 is 1.37 bits per heavy atom. The Bertz CT molecular complexity index is 1910. The first kappa shape index (κ1) is 29.3. The van der Waals surface area contributed by atoms with E-state index in [1.807, 2.05) is 0 Å². The van der Waals surface area contributed by atoms with Crippen LogP contribution in [0.15, 0.2) is 109 Å². The van der Waals surface area contributed by atoms with E-state index in [2.05, 4.69) is 169 Å². The summed E-state index contributed by atoms with van der Waals surface area (Å²) in [7, 11) is -0.436. The lowest BCUT2D eigenvalue weighted by molar-refractivity contribution is 0.00578. The lowest BCUT2D eigenvalue weighted by Gasteiger charge is -2.32. The van der Waals surface area contributed by atoms with E-state index in [-0.39, 0.29) is 10.8 Å². The van der Waals surface area contributed by atoms with Crippen molar-refractivity contribution < 1.29 is 9.31 Å². The molecule has 230 valence electrons. The van der Waals surface area contributed by atoms with Crippen molar-refractivity contribution in [1.82, 2.24) is 0 Å². The Morgan fingerprint density at radius 1 is 0.435 bits per heavy atom. The molecule has 0 N–H and O–H groups in total. The molecule has 5 aromatic rings. The van der Waals surface area contributed by atoms with Crippen LogP contribution in [0.5, 0.6) is 0 Å². The molecule has 2 aliphatic carbocycles. The van der Waals surface area contributed by atoms with Crippen molar-refractivity contribution in [1.29, 1.82) is 0 Å². The summed E-state index contributed by atoms with van der Waals surface area (Å²) in [6.07, 6.45) is 0. The first-order valence-corrected chi connectivity index (χ1v) is 16.5. The third-order valence-electron chi connectivity index (χ3n) is 11.3. The molecule has 0 spiro atoms. The SMILES string of the molecule is CC1(C)c2ccccc2-c2ccc(N(c3cccc(B4OC(C)(C)C(C)(C)O4)c3)c3ccc4c(c3)C(C)(C)c3ccccc3-4)cc21. The zero-order valence-corrected chi connectivity index (χ0v) is 28.2. The molecule has 0 radical (unpaired) electrons. The molecule has 0 aromatic heterocycles. The number of nitrogens with zero attached hydrogens (tertiary/aromatic N) is 1. The third-order valence-corrected chi connectivity index (χ3v) is 11.3. The van der Waals surface area contributed by atoms with Gasteiger partial charge in [0.15, 0.2) is 0 Å². The van der Waals surface area contributed by atoms with Crippen molar-refractivity contribution in [3.8, 4) is 22.3 Å². The van der Waals surface area contributed by atoms with E-state index in [4.69, 9.17) is 9.31 Å². The van der Waals surface area contributed by atoms with Gasteiger partial charge in [-0.3, -0.25) is 0 Å². The highest BCUT2D eigenvalue weighted by Gasteiger charge is 2.51. The first-order valence-electron chi connectivity index (χ1n) is 16.5. The summed E-state index contributed by atoms with van der Waals surface area (Å²) in [6.45, 7) is 17.8. The molecule has 1 aliphatic heterocycles. The monoisotopic (exact) mass is 603 g/mol. The highest BCUT2D eigenvalue weighted by atomic mass is 16.7. The molecule has 1 saturated heterocycles. The van der Waals surface area contributed by atoms with Crippen LogP contribution in [-0.4, -0.2) is 18.3 Å². The second-order valence-corrected chi connectivity index (χ2v) is 15.3. The summed E-state index contributed by atoms with van der Waals surface area (Å²) in [5.74, 6) is 0. The number of fused-ring (bicyclic) bond motifs is 6. The molecule has 0 saturated carbocycles. The van der Waals surface area contributed by atoms with Crippen molar-refractivity contribution in [2.75, 3.05) is 4.90 Å². The van der Waals surface area contributed by atoms with Crippen molar-refractivity contribution in [2.24, 2.45) is 0 Å². The minimum absolute atomic E-state index is 0.0975. The van der Waals surface area contributed by atoms with Gasteiger partial charge in [-0.15, -0.1) is 0 Å². The molecular formula is C42H42BNO2. The van der Waals surface area contributed by atoms with Gasteiger partial charge in [-0.25, -0.2) is 0 Å². The molecule has 0 bridgehead atoms. The quantitative estimate of drug-likeness (QED) is 0.191. The van der Waals surface area contributed by atoms with Crippen LogP contribution in [0.4, 0.5) is 17.1 Å². The zero-order chi connectivity index (χ0) is 32.2. The van der Waals surface area contributed by atoms with Gasteiger partial charge in [0.2, 0.25) is 0 Å². The standard InChI is InChI=1S/C42H42BNO2/c1-39(2)35-18-11-9-16-31(35)33-22-20-29(25-37(33)39)44(28-15-13-14-27(24-28)43-45-41(5,6)42(7,8)46-43)30-21-23-34-32-17-10-12-19-36(32)40(3,4)38(34)26-30/h9-26H,1-8H3. The third kappa shape index (κ3) is 4.13. The average Bonchev–Trinajstić information content (AvgIpc) is 3.51. The number of rotatable bonds is 4. The van der Waals surface area contributed by atoms with Crippen molar-refractivity contribution in [2.45, 2.75) is 77.4 Å². The Hall–Kier alpha value is -4.12. The van der Waals surface area contributed by atoms with Gasteiger partial charge in [0.05, 0.1) is 11.2 Å². The minimum Gasteiger partial charge on any atom is -0.399 e. The molecule has 3 aliphatic rings. The molecule has 5 aromatic carbocycles. The van der Waals surface area contributed by atoms with E-state index in [0.717, 1.165) is 22.5 Å². The second kappa shape index (κ2) is 9.70. The molecule has 8 rings (SSSR count). The minimum atomic E-state index is -0.436. The Labute approximate surface area is 274 Å². The maximum Gasteiger partial charge on any atom is 0.494 e. The van der Waals surface area contributed by atoms with Gasteiger partial charge < -0.3 is 14.2 Å². The fourth-order valence-electron chi connectivity index (χ4n) is 7.90. The van der Waals surface area contributed by atoms with Crippen LogP contribution in [0.2, 0.25) is 0 Å². The maximum absolute atomic E-state index is 6.50. The fourth-order valence-corrected chi connectivity index (χ4v) is 7.90. The molecule has 0 unspecified atom stereocenters. The fraction of sp³-hybridized carbons (Fsp3) is 0.286. The van der Waals surface area contributed by atoms with Gasteiger partial charge in [-0.05, 0) is 114 Å². The highest BCUT2D eigenvalue weighted by Crippen LogP contribution is 2.53. The summed E-state index contributed by atoms with van der Waals surface area (Å²) in [5, 5.41) is 0. The molecule has 0 amide bonds. The largest absolute Gasteiger partial charge is 0.494 e. The summed E-state index contributed by atoms with van der Waals surface area (Å²) in [6, 6.07) is 40.4. The summed E-state index contributed by atoms with van der Waals surface area (Å²) in [4.78, 5) is 2.41. The van der Waals surface area contributed by atoms with E-state index in [1.165, 1.54) is 44.5 Å². The smallest absolute Gasteiger partial charge is 0.399 e. The van der Waals surface area contributed by atoms with Crippen LogP contribution in [0.1, 0.15) is 77.6 Å². The van der Waals surface area contributed by atoms with E-state index < -0.39 is 18.3 Å². The van der Waals surface area contributed by atoms with Crippen LogP contribution in [0.3, 0.4) is 0 Å². The first-order chi connectivity index (χ1) is 21.8. The Balaban J connectivity index is 1.29. The predicted molar refractivity (Wildman–Crippen MR) is 192 cm³/mol. The molecule has 0 atom stereocenters. The molecular weight excluding hydrogens is 561 g/mol. The van der Waals surface area contributed by atoms with Crippen molar-refractivity contribution >= 4 is 29.6 Å². The molecule has 1 fully saturated rings. The predicted octanol–water partition coefficient (Wildman–Crippen LogP) is 10.1. The summed E-state index contributed by atoms with van der Waals surface area (Å²) in [5.41, 5.74) is 14.1. The summed E-state index contributed by atoms with van der Waals surface area (Å²) >= 11 is 0. The Kier molecular flexibility index (Phi) is 6.18. The lowest BCUT2D eigenvalue weighted by atomic mass is 9.79. The van der Waals surface area contributed by atoms with Gasteiger partial charge in [-0.2, -0.15) is 0 Å². The number of hydrogen-bond acceptors (Lipinski definition) is 3. The van der Waals surface area contributed by atoms with Crippen LogP contribution >= 0.6 is 0 Å². The lowest BCUT2D eigenvalue weighted by Crippen LogP contribution is -2.41. The normalized spacial score (nSPS) is 18.9. The molecule has 1 heterocycles. The summed E-state index contributed by atoms with van der Waals surface area (Å²) < 4.78 is 13.0. The van der Waals surface area contributed by atoms with Gasteiger partial charge >= 0.3 is 7.12 Å². The van der Waals surface area contributed by atoms with E-state index >= 15 is 0 Å². The van der Waals surface area contributed by atoms with Gasteiger partial charge in [0, 0.05) is 27.9 Å². The number of benzene rings is 5. The second-order valence-electron chi connectivity index (χ2n) is 15.3. The van der Waals surface area contributed by atoms with Gasteiger partial charge in [0.25, 0.3) is 0 Å². The average molecular weight is 604 g/mol. The topological polar surface area (TPSA) is 21.7 Å². The molecule has 4 heteroatoms. The molecule has 46 heavy (non-hydrogen) atoms. The van der Waals surface area contributed by atoms with Crippen LogP contribution < -0.4 is 10.4 Å². The van der Waals surface area contributed by atoms with E-state index in [0.29, 0.717) is 0 Å². The highest BCUT2D eigenvalue weighted by molar-refractivity contribution is 6.62. The van der Waals surface area contributed by atoms with Gasteiger partial charge in [-0.1, -0.05) is 100 Å². The van der Waals surface area contributed by atoms with Crippen molar-refractivity contribution in [3.05, 3.63) is 131 Å². The van der Waals surface area contributed by atoms with Crippen LogP contribution in [0.25, 0.3) is 22.3 Å². The molecule has 3 nitrogen and oxygen atoms in total.